The molecule has 6 heteroatoms. The summed E-state index contributed by atoms with van der Waals surface area (Å²) in [6.45, 7) is 0. The van der Waals surface area contributed by atoms with Gasteiger partial charge in [-0.15, -0.1) is 11.3 Å². The molecule has 0 spiro atoms. The Bertz CT molecular complexity index is 998. The Morgan fingerprint density at radius 2 is 2.00 bits per heavy atom. The number of pyridine rings is 1. The van der Waals surface area contributed by atoms with E-state index < -0.39 is 0 Å². The lowest BCUT2D eigenvalue weighted by molar-refractivity contribution is 0.478. The molecule has 0 aliphatic heterocycles. The van der Waals surface area contributed by atoms with Crippen molar-refractivity contribution in [3.05, 3.63) is 64.5 Å². The Balaban J connectivity index is 1.84. The van der Waals surface area contributed by atoms with Crippen molar-refractivity contribution in [1.82, 2.24) is 14.5 Å². The maximum atomic E-state index is 11.4. The number of aromatic amines is 1. The number of aromatic nitrogens is 3. The predicted octanol–water partition coefficient (Wildman–Crippen LogP) is 3.15. The molecule has 0 amide bonds. The van der Waals surface area contributed by atoms with Crippen molar-refractivity contribution in [2.75, 3.05) is 0 Å². The van der Waals surface area contributed by atoms with Gasteiger partial charge in [-0.3, -0.25) is 4.79 Å². The Kier molecular flexibility index (Phi) is 2.83. The molecule has 3 aromatic heterocycles. The third kappa shape index (κ3) is 2.01. The van der Waals surface area contributed by atoms with Gasteiger partial charge in [0.1, 0.15) is 16.3 Å². The van der Waals surface area contributed by atoms with Crippen molar-refractivity contribution in [2.45, 2.75) is 0 Å². The van der Waals surface area contributed by atoms with Crippen molar-refractivity contribution in [1.29, 1.82) is 0 Å². The summed E-state index contributed by atoms with van der Waals surface area (Å²) in [6.07, 6.45) is 3.60. The van der Waals surface area contributed by atoms with Gasteiger partial charge < -0.3 is 14.7 Å². The molecular weight excluding hydrogens is 298 g/mol. The molecule has 3 heterocycles. The number of nitrogens with one attached hydrogen (secondary N) is 1. The highest BCUT2D eigenvalue weighted by molar-refractivity contribution is 7.13. The van der Waals surface area contributed by atoms with E-state index in [2.05, 4.69) is 9.97 Å². The van der Waals surface area contributed by atoms with Crippen molar-refractivity contribution in [3.63, 3.8) is 0 Å². The standard InChI is InChI=1S/C16H11N3O2S/c20-13-9-14(21)18-12-5-7-19(15(12)13)11-3-1-10(2-4-11)16-17-6-8-22-16/h1-9H,(H2,18,20,21). The molecule has 0 fully saturated rings. The topological polar surface area (TPSA) is 70.9 Å². The number of aromatic hydroxyl groups is 1. The van der Waals surface area contributed by atoms with Gasteiger partial charge in [-0.2, -0.15) is 0 Å². The normalized spacial score (nSPS) is 11.1. The number of hydrogen-bond donors (Lipinski definition) is 2. The first-order valence-electron chi connectivity index (χ1n) is 6.66. The van der Waals surface area contributed by atoms with E-state index in [-0.39, 0.29) is 11.3 Å². The van der Waals surface area contributed by atoms with E-state index in [1.807, 2.05) is 40.4 Å². The van der Waals surface area contributed by atoms with E-state index in [0.717, 1.165) is 16.3 Å². The van der Waals surface area contributed by atoms with Gasteiger partial charge in [0.2, 0.25) is 0 Å². The van der Waals surface area contributed by atoms with E-state index in [0.29, 0.717) is 11.0 Å². The van der Waals surface area contributed by atoms with Crippen LogP contribution < -0.4 is 5.56 Å². The molecule has 1 aromatic carbocycles. The van der Waals surface area contributed by atoms with Gasteiger partial charge in [-0.05, 0) is 30.3 Å². The van der Waals surface area contributed by atoms with Crippen LogP contribution in [0.15, 0.2) is 59.0 Å². The summed E-state index contributed by atoms with van der Waals surface area (Å²) in [4.78, 5) is 18.4. The quantitative estimate of drug-likeness (QED) is 0.597. The number of thiazole rings is 1. The van der Waals surface area contributed by atoms with Crippen molar-refractivity contribution >= 4 is 22.4 Å². The summed E-state index contributed by atoms with van der Waals surface area (Å²) >= 11 is 1.59. The second-order valence-electron chi connectivity index (χ2n) is 4.85. The van der Waals surface area contributed by atoms with Crippen LogP contribution in [-0.4, -0.2) is 19.6 Å². The number of rotatable bonds is 2. The molecule has 0 saturated heterocycles. The highest BCUT2D eigenvalue weighted by atomic mass is 32.1. The molecule has 0 bridgehead atoms. The molecule has 0 saturated carbocycles. The predicted molar refractivity (Wildman–Crippen MR) is 86.7 cm³/mol. The molecule has 0 aliphatic rings. The first-order chi connectivity index (χ1) is 10.7. The summed E-state index contributed by atoms with van der Waals surface area (Å²) in [6, 6.07) is 10.8. The number of H-pyrrole nitrogens is 1. The minimum absolute atomic E-state index is 0.0345. The average molecular weight is 309 g/mol. The van der Waals surface area contributed by atoms with Crippen molar-refractivity contribution in [2.24, 2.45) is 0 Å². The molecule has 0 unspecified atom stereocenters. The zero-order valence-electron chi connectivity index (χ0n) is 11.4. The molecule has 108 valence electrons. The number of fused-ring (bicyclic) bond motifs is 1. The lowest BCUT2D eigenvalue weighted by Gasteiger charge is -2.07. The summed E-state index contributed by atoms with van der Waals surface area (Å²) < 4.78 is 1.84. The Labute approximate surface area is 129 Å². The molecule has 22 heavy (non-hydrogen) atoms. The average Bonchev–Trinajstić information content (AvgIpc) is 3.16. The Morgan fingerprint density at radius 3 is 2.73 bits per heavy atom. The Hall–Kier alpha value is -2.86. The van der Waals surface area contributed by atoms with Gasteiger partial charge in [0.25, 0.3) is 5.56 Å². The molecule has 0 radical (unpaired) electrons. The smallest absolute Gasteiger partial charge is 0.252 e. The first kappa shape index (κ1) is 12.8. The van der Waals surface area contributed by atoms with Gasteiger partial charge in [-0.25, -0.2) is 4.98 Å². The van der Waals surface area contributed by atoms with Crippen LogP contribution in [0.5, 0.6) is 5.75 Å². The fraction of sp³-hybridized carbons (Fsp3) is 0. The second-order valence-corrected chi connectivity index (χ2v) is 5.75. The van der Waals surface area contributed by atoms with E-state index >= 15 is 0 Å². The maximum Gasteiger partial charge on any atom is 0.252 e. The highest BCUT2D eigenvalue weighted by Gasteiger charge is 2.09. The van der Waals surface area contributed by atoms with E-state index in [4.69, 9.17) is 0 Å². The van der Waals surface area contributed by atoms with E-state index in [1.165, 1.54) is 6.07 Å². The van der Waals surface area contributed by atoms with Crippen molar-refractivity contribution < 1.29 is 5.11 Å². The highest BCUT2D eigenvalue weighted by Crippen LogP contribution is 2.27. The van der Waals surface area contributed by atoms with E-state index in [9.17, 15) is 9.90 Å². The van der Waals surface area contributed by atoms with E-state index in [1.54, 1.807) is 23.6 Å². The second kappa shape index (κ2) is 4.85. The van der Waals surface area contributed by atoms with Crippen molar-refractivity contribution in [3.8, 4) is 22.0 Å². The minimum atomic E-state index is -0.318. The zero-order chi connectivity index (χ0) is 15.1. The molecular formula is C16H11N3O2S. The van der Waals surface area contributed by atoms with Crippen LogP contribution in [0, 0.1) is 0 Å². The third-order valence-corrected chi connectivity index (χ3v) is 4.30. The summed E-state index contributed by atoms with van der Waals surface area (Å²) in [7, 11) is 0. The van der Waals surface area contributed by atoms with Gasteiger partial charge >= 0.3 is 0 Å². The fourth-order valence-electron chi connectivity index (χ4n) is 2.50. The summed E-state index contributed by atoms with van der Waals surface area (Å²) in [5.74, 6) is -0.0345. The molecule has 0 aliphatic carbocycles. The fourth-order valence-corrected chi connectivity index (χ4v) is 3.15. The van der Waals surface area contributed by atoms with Gasteiger partial charge in [0.15, 0.2) is 0 Å². The van der Waals surface area contributed by atoms with Crippen LogP contribution in [0.4, 0.5) is 0 Å². The SMILES string of the molecule is O=c1cc(O)c2c(ccn2-c2ccc(-c3nccs3)cc2)[nH]1. The molecule has 4 rings (SSSR count). The lowest BCUT2D eigenvalue weighted by atomic mass is 10.2. The van der Waals surface area contributed by atoms with Gasteiger partial charge in [0, 0.05) is 35.1 Å². The third-order valence-electron chi connectivity index (χ3n) is 3.48. The maximum absolute atomic E-state index is 11.4. The number of hydrogen-bond acceptors (Lipinski definition) is 4. The van der Waals surface area contributed by atoms with Gasteiger partial charge in [-0.1, -0.05) is 0 Å². The first-order valence-corrected chi connectivity index (χ1v) is 7.54. The van der Waals surface area contributed by atoms with Crippen LogP contribution >= 0.6 is 11.3 Å². The lowest BCUT2D eigenvalue weighted by Crippen LogP contribution is -2.03. The molecule has 0 atom stereocenters. The summed E-state index contributed by atoms with van der Waals surface area (Å²) in [5, 5.41) is 12.9. The number of nitrogens with zero attached hydrogens (tertiary/aromatic N) is 2. The van der Waals surface area contributed by atoms with Crippen LogP contribution in [0.1, 0.15) is 0 Å². The van der Waals surface area contributed by atoms with Crippen LogP contribution in [0.3, 0.4) is 0 Å². The molecule has 2 N–H and O–H groups in total. The monoisotopic (exact) mass is 309 g/mol. The van der Waals surface area contributed by atoms with Crippen LogP contribution in [-0.2, 0) is 0 Å². The minimum Gasteiger partial charge on any atom is -0.505 e. The van der Waals surface area contributed by atoms with Crippen LogP contribution in [0.25, 0.3) is 27.3 Å². The van der Waals surface area contributed by atoms with Gasteiger partial charge in [0.05, 0.1) is 5.52 Å². The largest absolute Gasteiger partial charge is 0.505 e. The summed E-state index contributed by atoms with van der Waals surface area (Å²) in [5.41, 5.74) is 2.82. The zero-order valence-corrected chi connectivity index (χ0v) is 12.2. The van der Waals surface area contributed by atoms with Crippen LogP contribution in [0.2, 0.25) is 0 Å². The molecule has 4 aromatic rings. The molecule has 5 nitrogen and oxygen atoms in total. The number of benzene rings is 1. The Morgan fingerprint density at radius 1 is 1.18 bits per heavy atom.